The number of benzene rings is 1. The van der Waals surface area contributed by atoms with Crippen molar-refractivity contribution in [2.75, 3.05) is 6.61 Å². The van der Waals surface area contributed by atoms with E-state index in [0.717, 1.165) is 10.6 Å². The fourth-order valence-electron chi connectivity index (χ4n) is 2.20. The summed E-state index contributed by atoms with van der Waals surface area (Å²) in [5.74, 6) is -0.982. The van der Waals surface area contributed by atoms with E-state index in [1.54, 1.807) is 0 Å². The van der Waals surface area contributed by atoms with Gasteiger partial charge in [-0.15, -0.1) is 22.9 Å². The van der Waals surface area contributed by atoms with E-state index in [9.17, 15) is 24.8 Å². The summed E-state index contributed by atoms with van der Waals surface area (Å²) in [7, 11) is 0. The molecule has 146 valence electrons. The normalized spacial score (nSPS) is 10.8. The Morgan fingerprint density at radius 2 is 2.07 bits per heavy atom. The Labute approximate surface area is 164 Å². The van der Waals surface area contributed by atoms with Crippen molar-refractivity contribution in [1.29, 1.82) is 0 Å². The molecule has 1 aromatic heterocycles. The fourth-order valence-corrected chi connectivity index (χ4v) is 2.40. The molecule has 2 aromatic rings. The highest BCUT2D eigenvalue weighted by Gasteiger charge is 2.15. The van der Waals surface area contributed by atoms with E-state index >= 15 is 0 Å². The zero-order chi connectivity index (χ0) is 20.8. The standard InChI is InChI=1S/C17H16N4O6S/c1-3-15(22)27-7-6-20-16(23)10(2)8-13(17(20)24)19-18-12-5-4-11(28)9-14(12)21(25)26/h3-5,8-9,23,28H,1,6-7H2,2H3. The first kappa shape index (κ1) is 20.8. The molecule has 0 amide bonds. The number of carbonyl (C=O) groups is 1. The molecule has 1 N–H and O–H groups in total. The van der Waals surface area contributed by atoms with Gasteiger partial charge in [-0.3, -0.25) is 19.5 Å². The lowest BCUT2D eigenvalue weighted by Gasteiger charge is -2.11. The molecular weight excluding hydrogens is 388 g/mol. The van der Waals surface area contributed by atoms with Crippen molar-refractivity contribution in [3.8, 4) is 5.88 Å². The van der Waals surface area contributed by atoms with Gasteiger partial charge in [0.25, 0.3) is 11.2 Å². The minimum absolute atomic E-state index is 0.0561. The summed E-state index contributed by atoms with van der Waals surface area (Å²) in [6, 6.07) is 5.36. The molecule has 0 aliphatic heterocycles. The summed E-state index contributed by atoms with van der Waals surface area (Å²) in [5, 5.41) is 28.8. The number of hydrogen-bond acceptors (Lipinski definition) is 9. The minimum Gasteiger partial charge on any atom is -0.494 e. The predicted molar refractivity (Wildman–Crippen MR) is 103 cm³/mol. The highest BCUT2D eigenvalue weighted by molar-refractivity contribution is 7.80. The summed E-state index contributed by atoms with van der Waals surface area (Å²) in [5.41, 5.74) is -0.892. The molecule has 0 saturated heterocycles. The Bertz CT molecular complexity index is 1030. The lowest BCUT2D eigenvalue weighted by Crippen LogP contribution is -2.23. The topological polar surface area (TPSA) is 136 Å². The molecule has 10 nitrogen and oxygen atoms in total. The third kappa shape index (κ3) is 4.82. The van der Waals surface area contributed by atoms with Crippen LogP contribution in [0.15, 0.2) is 56.8 Å². The van der Waals surface area contributed by atoms with Crippen molar-refractivity contribution in [1.82, 2.24) is 4.57 Å². The Balaban J connectivity index is 2.38. The maximum absolute atomic E-state index is 12.5. The van der Waals surface area contributed by atoms with Crippen LogP contribution in [0.3, 0.4) is 0 Å². The van der Waals surface area contributed by atoms with E-state index < -0.39 is 16.5 Å². The summed E-state index contributed by atoms with van der Waals surface area (Å²) in [4.78, 5) is 34.5. The van der Waals surface area contributed by atoms with Gasteiger partial charge in [0.1, 0.15) is 6.61 Å². The van der Waals surface area contributed by atoms with E-state index in [1.807, 2.05) is 0 Å². The van der Waals surface area contributed by atoms with Gasteiger partial charge in [0.05, 0.1) is 11.5 Å². The van der Waals surface area contributed by atoms with Crippen LogP contribution in [0.1, 0.15) is 5.56 Å². The van der Waals surface area contributed by atoms with Crippen LogP contribution in [0.4, 0.5) is 17.1 Å². The second kappa shape index (κ2) is 8.95. The van der Waals surface area contributed by atoms with Gasteiger partial charge >= 0.3 is 5.97 Å². The summed E-state index contributed by atoms with van der Waals surface area (Å²) < 4.78 is 5.77. The molecule has 0 aliphatic carbocycles. The van der Waals surface area contributed by atoms with Crippen molar-refractivity contribution in [3.05, 3.63) is 63.0 Å². The second-order valence-corrected chi connectivity index (χ2v) is 6.01. The van der Waals surface area contributed by atoms with E-state index in [1.165, 1.54) is 31.2 Å². The van der Waals surface area contributed by atoms with Crippen molar-refractivity contribution in [3.63, 3.8) is 0 Å². The predicted octanol–water partition coefficient (Wildman–Crippen LogP) is 3.20. The zero-order valence-corrected chi connectivity index (χ0v) is 15.6. The van der Waals surface area contributed by atoms with Crippen LogP contribution in [-0.2, 0) is 16.1 Å². The van der Waals surface area contributed by atoms with Crippen LogP contribution in [0.2, 0.25) is 0 Å². The van der Waals surface area contributed by atoms with Gasteiger partial charge in [-0.2, -0.15) is 0 Å². The molecule has 0 spiro atoms. The van der Waals surface area contributed by atoms with E-state index in [-0.39, 0.29) is 36.1 Å². The highest BCUT2D eigenvalue weighted by atomic mass is 32.1. The van der Waals surface area contributed by atoms with Crippen molar-refractivity contribution >= 4 is 35.7 Å². The molecule has 0 saturated carbocycles. The van der Waals surface area contributed by atoms with Gasteiger partial charge < -0.3 is 9.84 Å². The van der Waals surface area contributed by atoms with Crippen molar-refractivity contribution in [2.24, 2.45) is 10.2 Å². The molecule has 2 rings (SSSR count). The molecular formula is C17H16N4O6S. The maximum Gasteiger partial charge on any atom is 0.330 e. The lowest BCUT2D eigenvalue weighted by atomic mass is 10.2. The molecule has 1 aromatic carbocycles. The average molecular weight is 404 g/mol. The van der Waals surface area contributed by atoms with Gasteiger partial charge in [-0.05, 0) is 25.1 Å². The van der Waals surface area contributed by atoms with Crippen molar-refractivity contribution < 1.29 is 19.6 Å². The van der Waals surface area contributed by atoms with E-state index in [0.29, 0.717) is 10.5 Å². The monoisotopic (exact) mass is 404 g/mol. The quantitative estimate of drug-likeness (QED) is 0.182. The molecule has 11 heteroatoms. The molecule has 28 heavy (non-hydrogen) atoms. The van der Waals surface area contributed by atoms with Crippen LogP contribution in [-0.4, -0.2) is 27.2 Å². The molecule has 0 bridgehead atoms. The lowest BCUT2D eigenvalue weighted by molar-refractivity contribution is -0.384. The molecule has 0 atom stereocenters. The molecule has 0 unspecified atom stereocenters. The van der Waals surface area contributed by atoms with Crippen LogP contribution in [0.25, 0.3) is 0 Å². The largest absolute Gasteiger partial charge is 0.494 e. The van der Waals surface area contributed by atoms with Gasteiger partial charge in [-0.25, -0.2) is 4.79 Å². The zero-order valence-electron chi connectivity index (χ0n) is 14.7. The average Bonchev–Trinajstić information content (AvgIpc) is 2.66. The Hall–Kier alpha value is -3.47. The SMILES string of the molecule is C=CC(=O)OCCn1c(O)c(C)cc(N=Nc2ccc(S)cc2[N+](=O)[O-])c1=O. The minimum atomic E-state index is -0.699. The smallest absolute Gasteiger partial charge is 0.330 e. The number of pyridine rings is 1. The first-order chi connectivity index (χ1) is 13.2. The summed E-state index contributed by atoms with van der Waals surface area (Å²) in [6.07, 6.45) is 0.974. The number of thiol groups is 1. The van der Waals surface area contributed by atoms with E-state index in [2.05, 4.69) is 29.4 Å². The summed E-state index contributed by atoms with van der Waals surface area (Å²) in [6.45, 7) is 4.50. The number of azo groups is 1. The van der Waals surface area contributed by atoms with Gasteiger partial charge in [0.15, 0.2) is 17.3 Å². The number of ether oxygens (including phenoxy) is 1. The Morgan fingerprint density at radius 3 is 2.71 bits per heavy atom. The Kier molecular flexibility index (Phi) is 6.66. The maximum atomic E-state index is 12.5. The number of aryl methyl sites for hydroxylation is 1. The fraction of sp³-hybridized carbons (Fsp3) is 0.176. The van der Waals surface area contributed by atoms with Crippen molar-refractivity contribution in [2.45, 2.75) is 18.4 Å². The molecule has 0 radical (unpaired) electrons. The number of nitro benzene ring substituents is 1. The third-order valence-electron chi connectivity index (χ3n) is 3.57. The van der Waals surface area contributed by atoms with Crippen LogP contribution in [0.5, 0.6) is 5.88 Å². The highest BCUT2D eigenvalue weighted by Crippen LogP contribution is 2.31. The number of nitro groups is 1. The number of esters is 1. The van der Waals surface area contributed by atoms with Gasteiger partial charge in [-0.1, -0.05) is 6.58 Å². The first-order valence-electron chi connectivity index (χ1n) is 7.86. The van der Waals surface area contributed by atoms with Crippen LogP contribution < -0.4 is 5.56 Å². The summed E-state index contributed by atoms with van der Waals surface area (Å²) >= 11 is 4.04. The van der Waals surface area contributed by atoms with E-state index in [4.69, 9.17) is 4.74 Å². The van der Waals surface area contributed by atoms with Gasteiger partial charge in [0.2, 0.25) is 0 Å². The molecule has 0 aliphatic rings. The number of hydrogen-bond donors (Lipinski definition) is 2. The number of rotatable bonds is 7. The number of nitrogens with zero attached hydrogens (tertiary/aromatic N) is 4. The van der Waals surface area contributed by atoms with Crippen LogP contribution in [0, 0.1) is 17.0 Å². The molecule has 1 heterocycles. The van der Waals surface area contributed by atoms with Gasteiger partial charge in [0, 0.05) is 22.6 Å². The molecule has 0 fully saturated rings. The first-order valence-corrected chi connectivity index (χ1v) is 8.31. The third-order valence-corrected chi connectivity index (χ3v) is 3.85. The number of carbonyl (C=O) groups excluding carboxylic acids is 1. The number of aromatic nitrogens is 1. The van der Waals surface area contributed by atoms with Crippen LogP contribution >= 0.6 is 12.6 Å². The Morgan fingerprint density at radius 1 is 1.39 bits per heavy atom. The number of aromatic hydroxyl groups is 1. The second-order valence-electron chi connectivity index (χ2n) is 5.49.